The van der Waals surface area contributed by atoms with Crippen LogP contribution in [0.4, 0.5) is 0 Å². The van der Waals surface area contributed by atoms with Gasteiger partial charge in [-0.1, -0.05) is 22.0 Å². The van der Waals surface area contributed by atoms with Crippen LogP contribution in [0.1, 0.15) is 24.3 Å². The van der Waals surface area contributed by atoms with E-state index < -0.39 is 0 Å². The second-order valence-corrected chi connectivity index (χ2v) is 5.61. The predicted octanol–water partition coefficient (Wildman–Crippen LogP) is 3.66. The van der Waals surface area contributed by atoms with E-state index in [1.807, 2.05) is 0 Å². The lowest BCUT2D eigenvalue weighted by Crippen LogP contribution is -2.15. The maximum atomic E-state index is 5.76. The van der Waals surface area contributed by atoms with E-state index in [0.29, 0.717) is 12.6 Å². The summed E-state index contributed by atoms with van der Waals surface area (Å²) in [5.74, 6) is 1.57. The number of rotatable bonds is 4. The number of nitrogens with one attached hydrogen (secondary N) is 1. The lowest BCUT2D eigenvalue weighted by atomic mass is 10.1. The van der Waals surface area contributed by atoms with Gasteiger partial charge in [0, 0.05) is 16.1 Å². The van der Waals surface area contributed by atoms with Crippen LogP contribution < -0.4 is 5.32 Å². The molecule has 94 valence electrons. The standard InChI is InChI=1S/C14H15BrN2O/c1-9-2-5-11(12(15)6-9)13-7-17-14(18-13)8-16-10-3-4-10/h2,5-7,10,16H,3-4,8H2,1H3. The molecular weight excluding hydrogens is 292 g/mol. The van der Waals surface area contributed by atoms with Gasteiger partial charge in [-0.15, -0.1) is 0 Å². The predicted molar refractivity (Wildman–Crippen MR) is 74.2 cm³/mol. The van der Waals surface area contributed by atoms with E-state index in [1.165, 1.54) is 18.4 Å². The number of oxazole rings is 1. The molecule has 1 aliphatic carbocycles. The minimum Gasteiger partial charge on any atom is -0.439 e. The SMILES string of the molecule is Cc1ccc(-c2cnc(CNC3CC3)o2)c(Br)c1. The van der Waals surface area contributed by atoms with Crippen molar-refractivity contribution in [3.05, 3.63) is 40.3 Å². The highest BCUT2D eigenvalue weighted by molar-refractivity contribution is 9.10. The summed E-state index contributed by atoms with van der Waals surface area (Å²) in [5, 5.41) is 3.39. The van der Waals surface area contributed by atoms with Gasteiger partial charge in [0.2, 0.25) is 5.89 Å². The first-order valence-corrected chi connectivity index (χ1v) is 6.96. The van der Waals surface area contributed by atoms with Crippen LogP contribution in [0.3, 0.4) is 0 Å². The number of aromatic nitrogens is 1. The smallest absolute Gasteiger partial charge is 0.208 e. The van der Waals surface area contributed by atoms with Crippen LogP contribution in [0.15, 0.2) is 33.3 Å². The highest BCUT2D eigenvalue weighted by atomic mass is 79.9. The van der Waals surface area contributed by atoms with Crippen molar-refractivity contribution in [2.45, 2.75) is 32.4 Å². The monoisotopic (exact) mass is 306 g/mol. The van der Waals surface area contributed by atoms with Gasteiger partial charge in [-0.3, -0.25) is 0 Å². The molecule has 0 aliphatic heterocycles. The zero-order valence-electron chi connectivity index (χ0n) is 10.2. The third-order valence-corrected chi connectivity index (χ3v) is 3.72. The number of hydrogen-bond acceptors (Lipinski definition) is 3. The minimum atomic E-state index is 0.673. The summed E-state index contributed by atoms with van der Waals surface area (Å²) in [5.41, 5.74) is 2.27. The number of halogens is 1. The van der Waals surface area contributed by atoms with Gasteiger partial charge in [0.1, 0.15) is 0 Å². The number of nitrogens with zero attached hydrogens (tertiary/aromatic N) is 1. The average molecular weight is 307 g/mol. The summed E-state index contributed by atoms with van der Waals surface area (Å²) in [6, 6.07) is 6.88. The van der Waals surface area contributed by atoms with E-state index in [4.69, 9.17) is 4.42 Å². The molecule has 0 spiro atoms. The molecule has 1 aromatic heterocycles. The Morgan fingerprint density at radius 2 is 2.28 bits per heavy atom. The van der Waals surface area contributed by atoms with Gasteiger partial charge in [0.05, 0.1) is 12.7 Å². The fraction of sp³-hybridized carbons (Fsp3) is 0.357. The highest BCUT2D eigenvalue weighted by Crippen LogP contribution is 2.29. The molecule has 2 aromatic rings. The molecule has 18 heavy (non-hydrogen) atoms. The summed E-state index contributed by atoms with van der Waals surface area (Å²) in [6.45, 7) is 2.79. The zero-order chi connectivity index (χ0) is 12.5. The summed E-state index contributed by atoms with van der Waals surface area (Å²) in [7, 11) is 0. The minimum absolute atomic E-state index is 0.673. The van der Waals surface area contributed by atoms with Crippen LogP contribution in [0.25, 0.3) is 11.3 Å². The molecule has 0 atom stereocenters. The fourth-order valence-electron chi connectivity index (χ4n) is 1.86. The van der Waals surface area contributed by atoms with E-state index >= 15 is 0 Å². The Hall–Kier alpha value is -1.13. The van der Waals surface area contributed by atoms with Crippen LogP contribution in [-0.4, -0.2) is 11.0 Å². The van der Waals surface area contributed by atoms with Gasteiger partial charge in [-0.25, -0.2) is 4.98 Å². The van der Waals surface area contributed by atoms with Crippen LogP contribution in [0.2, 0.25) is 0 Å². The Labute approximate surface area is 115 Å². The molecule has 0 bridgehead atoms. The number of aryl methyl sites for hydroxylation is 1. The molecule has 1 aromatic carbocycles. The van der Waals surface area contributed by atoms with Crippen LogP contribution >= 0.6 is 15.9 Å². The van der Waals surface area contributed by atoms with Crippen molar-refractivity contribution in [2.24, 2.45) is 0 Å². The first-order chi connectivity index (χ1) is 8.72. The van der Waals surface area contributed by atoms with Crippen molar-refractivity contribution < 1.29 is 4.42 Å². The lowest BCUT2D eigenvalue weighted by molar-refractivity contribution is 0.476. The normalized spacial score (nSPS) is 15.0. The third kappa shape index (κ3) is 2.65. The Bertz CT molecular complexity index is 561. The molecule has 1 N–H and O–H groups in total. The van der Waals surface area contributed by atoms with Crippen molar-refractivity contribution in [2.75, 3.05) is 0 Å². The maximum absolute atomic E-state index is 5.76. The van der Waals surface area contributed by atoms with Crippen molar-refractivity contribution in [3.63, 3.8) is 0 Å². The summed E-state index contributed by atoms with van der Waals surface area (Å²) >= 11 is 3.56. The second-order valence-electron chi connectivity index (χ2n) is 4.76. The first-order valence-electron chi connectivity index (χ1n) is 6.17. The van der Waals surface area contributed by atoms with E-state index in [9.17, 15) is 0 Å². The first kappa shape index (κ1) is 11.9. The van der Waals surface area contributed by atoms with Crippen LogP contribution in [0, 0.1) is 6.92 Å². The highest BCUT2D eigenvalue weighted by Gasteiger charge is 2.21. The quantitative estimate of drug-likeness (QED) is 0.936. The summed E-state index contributed by atoms with van der Waals surface area (Å²) in [4.78, 5) is 4.31. The van der Waals surface area contributed by atoms with E-state index in [-0.39, 0.29) is 0 Å². The molecule has 1 aliphatic rings. The van der Waals surface area contributed by atoms with Gasteiger partial charge >= 0.3 is 0 Å². The molecule has 3 nitrogen and oxygen atoms in total. The van der Waals surface area contributed by atoms with E-state index in [2.05, 4.69) is 51.4 Å². The lowest BCUT2D eigenvalue weighted by Gasteiger charge is -2.02. The van der Waals surface area contributed by atoms with Gasteiger partial charge in [0.25, 0.3) is 0 Å². The second kappa shape index (κ2) is 4.86. The Morgan fingerprint density at radius 1 is 1.44 bits per heavy atom. The molecule has 1 heterocycles. The topological polar surface area (TPSA) is 38.1 Å². The molecule has 3 rings (SSSR count). The Kier molecular flexibility index (Phi) is 3.22. The molecule has 0 amide bonds. The molecule has 4 heteroatoms. The maximum Gasteiger partial charge on any atom is 0.208 e. The third-order valence-electron chi connectivity index (χ3n) is 3.06. The van der Waals surface area contributed by atoms with Gasteiger partial charge in [-0.05, 0) is 37.5 Å². The van der Waals surface area contributed by atoms with E-state index in [1.54, 1.807) is 6.20 Å². The number of benzene rings is 1. The fourth-order valence-corrected chi connectivity index (χ4v) is 2.54. The Morgan fingerprint density at radius 3 is 3.00 bits per heavy atom. The van der Waals surface area contributed by atoms with Gasteiger partial charge < -0.3 is 9.73 Å². The average Bonchev–Trinajstić information content (AvgIpc) is 3.05. The number of hydrogen-bond donors (Lipinski definition) is 1. The summed E-state index contributed by atoms with van der Waals surface area (Å²) in [6.07, 6.45) is 4.34. The molecule has 1 fully saturated rings. The van der Waals surface area contributed by atoms with Gasteiger partial charge in [0.15, 0.2) is 5.76 Å². The van der Waals surface area contributed by atoms with Crippen molar-refractivity contribution >= 4 is 15.9 Å². The largest absolute Gasteiger partial charge is 0.439 e. The molecule has 0 radical (unpaired) electrons. The van der Waals surface area contributed by atoms with Crippen molar-refractivity contribution in [1.29, 1.82) is 0 Å². The van der Waals surface area contributed by atoms with Crippen LogP contribution in [0.5, 0.6) is 0 Å². The van der Waals surface area contributed by atoms with Crippen molar-refractivity contribution in [1.82, 2.24) is 10.3 Å². The molecule has 0 unspecified atom stereocenters. The molecular formula is C14H15BrN2O. The van der Waals surface area contributed by atoms with Crippen molar-refractivity contribution in [3.8, 4) is 11.3 Å². The van der Waals surface area contributed by atoms with E-state index in [0.717, 1.165) is 21.7 Å². The van der Waals surface area contributed by atoms with Gasteiger partial charge in [-0.2, -0.15) is 0 Å². The Balaban J connectivity index is 1.78. The van der Waals surface area contributed by atoms with Crippen LogP contribution in [-0.2, 0) is 6.54 Å². The zero-order valence-corrected chi connectivity index (χ0v) is 11.8. The molecule has 1 saturated carbocycles. The summed E-state index contributed by atoms with van der Waals surface area (Å²) < 4.78 is 6.81. The molecule has 0 saturated heterocycles.